The Hall–Kier alpha value is -2.42. The smallest absolute Gasteiger partial charge is 0.262 e. The summed E-state index contributed by atoms with van der Waals surface area (Å²) in [6.45, 7) is 0.984. The van der Waals surface area contributed by atoms with Gasteiger partial charge in [0.25, 0.3) is 5.56 Å². The number of thioether (sulfide) groups is 1. The molecule has 0 spiro atoms. The summed E-state index contributed by atoms with van der Waals surface area (Å²) in [5.41, 5.74) is 0.904. The first-order chi connectivity index (χ1) is 14.5. The van der Waals surface area contributed by atoms with Crippen molar-refractivity contribution >= 4 is 45.9 Å². The molecule has 0 atom stereocenters. The summed E-state index contributed by atoms with van der Waals surface area (Å²) in [4.78, 5) is 29.7. The first-order valence-electron chi connectivity index (χ1n) is 9.35. The van der Waals surface area contributed by atoms with Crippen LogP contribution in [0.15, 0.2) is 52.4 Å². The van der Waals surface area contributed by atoms with Gasteiger partial charge >= 0.3 is 0 Å². The van der Waals surface area contributed by atoms with Crippen molar-refractivity contribution in [2.24, 2.45) is 0 Å². The van der Waals surface area contributed by atoms with Crippen LogP contribution in [0.5, 0.6) is 0 Å². The van der Waals surface area contributed by atoms with Gasteiger partial charge in [0.1, 0.15) is 5.82 Å². The number of aromatic nitrogens is 2. The lowest BCUT2D eigenvalue weighted by Crippen LogP contribution is -2.24. The van der Waals surface area contributed by atoms with Crippen LogP contribution in [-0.2, 0) is 16.1 Å². The molecule has 0 fully saturated rings. The molecule has 0 bridgehead atoms. The van der Waals surface area contributed by atoms with E-state index in [1.165, 1.54) is 36.0 Å². The van der Waals surface area contributed by atoms with Crippen molar-refractivity contribution in [3.05, 3.63) is 63.7 Å². The van der Waals surface area contributed by atoms with Crippen LogP contribution in [0, 0.1) is 5.82 Å². The number of carbonyl (C=O) groups excluding carboxylic acids is 1. The Bertz CT molecular complexity index is 1090. The van der Waals surface area contributed by atoms with Crippen molar-refractivity contribution < 1.29 is 13.9 Å². The monoisotopic (exact) mass is 449 g/mol. The van der Waals surface area contributed by atoms with Crippen LogP contribution in [-0.4, -0.2) is 34.9 Å². The van der Waals surface area contributed by atoms with Crippen molar-refractivity contribution in [1.29, 1.82) is 0 Å². The number of nitrogens with one attached hydrogen (secondary N) is 1. The van der Waals surface area contributed by atoms with Gasteiger partial charge in [0, 0.05) is 43.1 Å². The molecule has 0 aliphatic rings. The summed E-state index contributed by atoms with van der Waals surface area (Å²) < 4.78 is 19.7. The molecular formula is C21H21ClFN3O3S. The molecule has 0 aliphatic carbocycles. The highest BCUT2D eigenvalue weighted by Crippen LogP contribution is 2.21. The summed E-state index contributed by atoms with van der Waals surface area (Å²) in [5, 5.41) is 4.24. The normalized spacial score (nSPS) is 11.0. The van der Waals surface area contributed by atoms with E-state index in [-0.39, 0.29) is 23.7 Å². The van der Waals surface area contributed by atoms with Crippen LogP contribution in [0.1, 0.15) is 12.8 Å². The Morgan fingerprint density at radius 3 is 2.77 bits per heavy atom. The van der Waals surface area contributed by atoms with Gasteiger partial charge in [0.2, 0.25) is 5.91 Å². The minimum absolute atomic E-state index is 0.147. The molecule has 0 aliphatic heterocycles. The predicted molar refractivity (Wildman–Crippen MR) is 118 cm³/mol. The summed E-state index contributed by atoms with van der Waals surface area (Å²) >= 11 is 7.38. The molecule has 3 rings (SSSR count). The van der Waals surface area contributed by atoms with Gasteiger partial charge in [-0.3, -0.25) is 14.2 Å². The van der Waals surface area contributed by atoms with E-state index >= 15 is 0 Å². The number of rotatable bonds is 9. The number of amides is 1. The van der Waals surface area contributed by atoms with E-state index in [0.717, 1.165) is 0 Å². The van der Waals surface area contributed by atoms with Gasteiger partial charge in [0.15, 0.2) is 5.16 Å². The van der Waals surface area contributed by atoms with Crippen LogP contribution in [0.4, 0.5) is 10.1 Å². The summed E-state index contributed by atoms with van der Waals surface area (Å²) in [6, 6.07) is 10.6. The average molecular weight is 450 g/mol. The third-order valence-electron chi connectivity index (χ3n) is 4.30. The van der Waals surface area contributed by atoms with Gasteiger partial charge in [-0.2, -0.15) is 0 Å². The quantitative estimate of drug-likeness (QED) is 0.299. The van der Waals surface area contributed by atoms with Gasteiger partial charge in [-0.1, -0.05) is 23.4 Å². The zero-order valence-electron chi connectivity index (χ0n) is 16.4. The third-order valence-corrected chi connectivity index (χ3v) is 5.51. The molecule has 158 valence electrons. The molecule has 9 heteroatoms. The Kier molecular flexibility index (Phi) is 7.84. The molecule has 1 N–H and O–H groups in total. The van der Waals surface area contributed by atoms with E-state index in [2.05, 4.69) is 10.3 Å². The highest BCUT2D eigenvalue weighted by atomic mass is 35.5. The molecular weight excluding hydrogens is 429 g/mol. The Morgan fingerprint density at radius 1 is 1.27 bits per heavy atom. The topological polar surface area (TPSA) is 73.2 Å². The highest BCUT2D eigenvalue weighted by Gasteiger charge is 2.13. The second kappa shape index (κ2) is 10.6. The number of halogens is 2. The van der Waals surface area contributed by atoms with Crippen molar-refractivity contribution in [2.75, 3.05) is 24.8 Å². The van der Waals surface area contributed by atoms with Gasteiger partial charge in [-0.05, 0) is 48.9 Å². The molecule has 0 saturated heterocycles. The van der Waals surface area contributed by atoms with Crippen molar-refractivity contribution in [2.45, 2.75) is 24.5 Å². The molecule has 1 amide bonds. The Balaban J connectivity index is 1.72. The number of hydrogen-bond donors (Lipinski definition) is 1. The van der Waals surface area contributed by atoms with Crippen molar-refractivity contribution in [3.8, 4) is 0 Å². The lowest BCUT2D eigenvalue weighted by Gasteiger charge is -2.13. The number of nitrogens with zero attached hydrogens (tertiary/aromatic N) is 2. The first-order valence-corrected chi connectivity index (χ1v) is 10.7. The zero-order chi connectivity index (χ0) is 21.5. The van der Waals surface area contributed by atoms with Gasteiger partial charge in [-0.15, -0.1) is 0 Å². The fourth-order valence-electron chi connectivity index (χ4n) is 2.84. The van der Waals surface area contributed by atoms with Gasteiger partial charge in [0.05, 0.1) is 10.9 Å². The molecule has 6 nitrogen and oxygen atoms in total. The molecule has 30 heavy (non-hydrogen) atoms. The van der Waals surface area contributed by atoms with Crippen LogP contribution < -0.4 is 10.9 Å². The predicted octanol–water partition coefficient (Wildman–Crippen LogP) is 4.35. The van der Waals surface area contributed by atoms with Crippen LogP contribution >= 0.6 is 23.4 Å². The number of anilines is 1. The maximum absolute atomic E-state index is 13.0. The zero-order valence-corrected chi connectivity index (χ0v) is 17.9. The van der Waals surface area contributed by atoms with Crippen LogP contribution in [0.2, 0.25) is 5.02 Å². The fourth-order valence-corrected chi connectivity index (χ4v) is 3.97. The molecule has 1 aromatic heterocycles. The minimum Gasteiger partial charge on any atom is -0.385 e. The summed E-state index contributed by atoms with van der Waals surface area (Å²) in [5.74, 6) is -0.140. The lowest BCUT2D eigenvalue weighted by molar-refractivity contribution is -0.115. The number of benzene rings is 2. The SMILES string of the molecule is COCCCn1c(SCCC(=O)Nc2ccc(F)cc2)nc2cc(Cl)ccc2c1=O. The van der Waals surface area contributed by atoms with Crippen LogP contribution in [0.3, 0.4) is 0 Å². The van der Waals surface area contributed by atoms with E-state index in [9.17, 15) is 14.0 Å². The number of carbonyl (C=O) groups is 1. The molecule has 1 heterocycles. The van der Waals surface area contributed by atoms with Gasteiger partial charge < -0.3 is 10.1 Å². The van der Waals surface area contributed by atoms with E-state index in [0.29, 0.717) is 52.1 Å². The largest absolute Gasteiger partial charge is 0.385 e. The highest BCUT2D eigenvalue weighted by molar-refractivity contribution is 7.99. The Morgan fingerprint density at radius 2 is 2.03 bits per heavy atom. The van der Waals surface area contributed by atoms with Crippen molar-refractivity contribution in [1.82, 2.24) is 9.55 Å². The number of hydrogen-bond acceptors (Lipinski definition) is 5. The number of fused-ring (bicyclic) bond motifs is 1. The summed E-state index contributed by atoms with van der Waals surface area (Å²) in [6.07, 6.45) is 0.874. The van der Waals surface area contributed by atoms with E-state index in [1.54, 1.807) is 29.9 Å². The fraction of sp³-hybridized carbons (Fsp3) is 0.286. The minimum atomic E-state index is -0.363. The average Bonchev–Trinajstić information content (AvgIpc) is 2.71. The molecule has 0 radical (unpaired) electrons. The van der Waals surface area contributed by atoms with E-state index in [1.807, 2.05) is 0 Å². The molecule has 0 unspecified atom stereocenters. The standard InChI is InChI=1S/C21H21ClFN3O3S/c1-29-11-2-10-26-20(28)17-8-3-14(22)13-18(17)25-21(26)30-12-9-19(27)24-16-6-4-15(23)5-7-16/h3-8,13H,2,9-12H2,1H3,(H,24,27). The lowest BCUT2D eigenvalue weighted by atomic mass is 10.2. The number of ether oxygens (including phenoxy) is 1. The molecule has 0 saturated carbocycles. The molecule has 3 aromatic rings. The van der Waals surface area contributed by atoms with E-state index < -0.39 is 0 Å². The van der Waals surface area contributed by atoms with Crippen LogP contribution in [0.25, 0.3) is 10.9 Å². The van der Waals surface area contributed by atoms with Gasteiger partial charge in [-0.25, -0.2) is 9.37 Å². The molecule has 2 aromatic carbocycles. The van der Waals surface area contributed by atoms with E-state index in [4.69, 9.17) is 16.3 Å². The maximum atomic E-state index is 13.0. The maximum Gasteiger partial charge on any atom is 0.262 e. The third kappa shape index (κ3) is 5.81. The first kappa shape index (κ1) is 22.3. The second-order valence-electron chi connectivity index (χ2n) is 6.51. The second-order valence-corrected chi connectivity index (χ2v) is 8.01. The Labute approximate surface area is 182 Å². The van der Waals surface area contributed by atoms with Crippen molar-refractivity contribution in [3.63, 3.8) is 0 Å². The summed E-state index contributed by atoms with van der Waals surface area (Å²) in [7, 11) is 1.61. The number of methoxy groups -OCH3 is 1.